The lowest BCUT2D eigenvalue weighted by molar-refractivity contribution is -0.133. The molecule has 0 radical (unpaired) electrons. The Morgan fingerprint density at radius 2 is 1.94 bits per heavy atom. The van der Waals surface area contributed by atoms with Gasteiger partial charge in [-0.3, -0.25) is 0 Å². The fourth-order valence-corrected chi connectivity index (χ4v) is 2.82. The third-order valence-corrected chi connectivity index (χ3v) is 4.30. The summed E-state index contributed by atoms with van der Waals surface area (Å²) in [5.41, 5.74) is 2.78. The minimum absolute atomic E-state index is 0.0796. The Morgan fingerprint density at radius 3 is 2.61 bits per heavy atom. The van der Waals surface area contributed by atoms with Crippen LogP contribution in [0.25, 0.3) is 5.57 Å². The molecule has 8 nitrogen and oxygen atoms in total. The molecule has 0 saturated carbocycles. The molecule has 0 amide bonds. The Balaban J connectivity index is 1.85. The highest BCUT2D eigenvalue weighted by Gasteiger charge is 2.17. The van der Waals surface area contributed by atoms with E-state index in [2.05, 4.69) is 15.2 Å². The standard InChI is InChI=1S/C22H21FN4O4/c1-29-13-20(22(28)30-2)19-6-4-3-5-17(19)12-31-26-21(11-27-15-24-14-25-27)16-7-9-18(23)10-8-16/h3-10,13-15H,11-12H2,1-2H3/b20-13-,26-21-. The second kappa shape index (κ2) is 10.7. The van der Waals surface area contributed by atoms with Crippen LogP contribution in [0.4, 0.5) is 4.39 Å². The minimum Gasteiger partial charge on any atom is -0.503 e. The van der Waals surface area contributed by atoms with Gasteiger partial charge in [-0.25, -0.2) is 18.9 Å². The van der Waals surface area contributed by atoms with E-state index < -0.39 is 5.97 Å². The molecule has 0 N–H and O–H groups in total. The van der Waals surface area contributed by atoms with Crippen LogP contribution in [0.15, 0.2) is 72.6 Å². The van der Waals surface area contributed by atoms with Gasteiger partial charge in [-0.2, -0.15) is 5.10 Å². The van der Waals surface area contributed by atoms with Crippen LogP contribution in [0.3, 0.4) is 0 Å². The van der Waals surface area contributed by atoms with Gasteiger partial charge in [-0.1, -0.05) is 41.6 Å². The molecule has 0 unspecified atom stereocenters. The minimum atomic E-state index is -0.531. The molecule has 1 heterocycles. The summed E-state index contributed by atoms with van der Waals surface area (Å²) in [6.45, 7) is 0.362. The number of ether oxygens (including phenoxy) is 2. The van der Waals surface area contributed by atoms with Crippen molar-refractivity contribution in [3.05, 3.63) is 90.0 Å². The fourth-order valence-electron chi connectivity index (χ4n) is 2.82. The number of benzene rings is 2. The molecule has 0 aliphatic heterocycles. The number of aromatic nitrogens is 3. The number of carbonyl (C=O) groups is 1. The number of oxime groups is 1. The summed E-state index contributed by atoms with van der Waals surface area (Å²) < 4.78 is 24.8. The van der Waals surface area contributed by atoms with Gasteiger partial charge in [0.1, 0.15) is 36.4 Å². The molecule has 160 valence electrons. The van der Waals surface area contributed by atoms with E-state index in [1.807, 2.05) is 12.1 Å². The average molecular weight is 424 g/mol. The first-order valence-electron chi connectivity index (χ1n) is 9.29. The van der Waals surface area contributed by atoms with Gasteiger partial charge in [0.15, 0.2) is 0 Å². The number of halogens is 1. The highest BCUT2D eigenvalue weighted by Crippen LogP contribution is 2.22. The van der Waals surface area contributed by atoms with Crippen molar-refractivity contribution in [2.75, 3.05) is 14.2 Å². The summed E-state index contributed by atoms with van der Waals surface area (Å²) in [7, 11) is 2.75. The van der Waals surface area contributed by atoms with Crippen molar-refractivity contribution in [1.29, 1.82) is 0 Å². The summed E-state index contributed by atoms with van der Waals surface area (Å²) in [5, 5.41) is 8.32. The Morgan fingerprint density at radius 1 is 1.16 bits per heavy atom. The van der Waals surface area contributed by atoms with E-state index in [0.717, 1.165) is 0 Å². The van der Waals surface area contributed by atoms with Crippen LogP contribution in [0, 0.1) is 5.82 Å². The van der Waals surface area contributed by atoms with Gasteiger partial charge in [0.05, 0.1) is 27.0 Å². The lowest BCUT2D eigenvalue weighted by Crippen LogP contribution is -2.13. The number of carbonyl (C=O) groups excluding carboxylic acids is 1. The Bertz CT molecular complexity index is 1060. The first kappa shape index (κ1) is 21.7. The first-order valence-corrected chi connectivity index (χ1v) is 9.29. The van der Waals surface area contributed by atoms with Crippen molar-refractivity contribution in [3.63, 3.8) is 0 Å². The number of esters is 1. The highest BCUT2D eigenvalue weighted by molar-refractivity contribution is 6.16. The van der Waals surface area contributed by atoms with Crippen molar-refractivity contribution in [2.45, 2.75) is 13.2 Å². The van der Waals surface area contributed by atoms with E-state index in [0.29, 0.717) is 22.4 Å². The second-order valence-corrected chi connectivity index (χ2v) is 6.33. The SMILES string of the molecule is CO/C=C(\C(=O)OC)c1ccccc1CO/N=C(/Cn1cncn1)c1ccc(F)cc1. The number of hydrogen-bond acceptors (Lipinski definition) is 7. The van der Waals surface area contributed by atoms with Gasteiger partial charge in [0.2, 0.25) is 0 Å². The predicted octanol–water partition coefficient (Wildman–Crippen LogP) is 3.20. The molecule has 3 rings (SSSR count). The molecule has 0 saturated heterocycles. The number of rotatable bonds is 9. The molecule has 0 spiro atoms. The molecular formula is C22H21FN4O4. The van der Waals surface area contributed by atoms with Crippen molar-refractivity contribution >= 4 is 17.3 Å². The molecule has 9 heteroatoms. The van der Waals surface area contributed by atoms with Crippen LogP contribution in [0.1, 0.15) is 16.7 Å². The van der Waals surface area contributed by atoms with Crippen molar-refractivity contribution in [3.8, 4) is 0 Å². The molecule has 0 bridgehead atoms. The van der Waals surface area contributed by atoms with Gasteiger partial charge in [-0.15, -0.1) is 0 Å². The number of nitrogens with zero attached hydrogens (tertiary/aromatic N) is 4. The molecule has 1 aromatic heterocycles. The lowest BCUT2D eigenvalue weighted by Gasteiger charge is -2.12. The number of hydrogen-bond donors (Lipinski definition) is 0. The molecule has 0 aliphatic carbocycles. The van der Waals surface area contributed by atoms with Gasteiger partial charge >= 0.3 is 5.97 Å². The maximum absolute atomic E-state index is 13.3. The van der Waals surface area contributed by atoms with E-state index in [1.165, 1.54) is 38.9 Å². The summed E-state index contributed by atoms with van der Waals surface area (Å²) in [6, 6.07) is 13.1. The Hall–Kier alpha value is -4.01. The van der Waals surface area contributed by atoms with Crippen LogP contribution < -0.4 is 0 Å². The topological polar surface area (TPSA) is 87.8 Å². The largest absolute Gasteiger partial charge is 0.503 e. The van der Waals surface area contributed by atoms with E-state index in [1.54, 1.807) is 35.3 Å². The maximum atomic E-state index is 13.3. The van der Waals surface area contributed by atoms with Crippen molar-refractivity contribution in [1.82, 2.24) is 14.8 Å². The second-order valence-electron chi connectivity index (χ2n) is 6.33. The quantitative estimate of drug-likeness (QED) is 0.172. The predicted molar refractivity (Wildman–Crippen MR) is 111 cm³/mol. The molecule has 31 heavy (non-hydrogen) atoms. The Kier molecular flexibility index (Phi) is 7.47. The summed E-state index contributed by atoms with van der Waals surface area (Å²) >= 11 is 0. The smallest absolute Gasteiger partial charge is 0.341 e. The van der Waals surface area contributed by atoms with E-state index in [-0.39, 0.29) is 24.5 Å². The third kappa shape index (κ3) is 5.75. The lowest BCUT2D eigenvalue weighted by atomic mass is 10.0. The van der Waals surface area contributed by atoms with Gasteiger partial charge in [0, 0.05) is 11.1 Å². The summed E-state index contributed by atoms with van der Waals surface area (Å²) in [4.78, 5) is 21.7. The molecule has 0 aliphatic rings. The van der Waals surface area contributed by atoms with Crippen molar-refractivity contribution < 1.29 is 23.5 Å². The third-order valence-electron chi connectivity index (χ3n) is 4.30. The van der Waals surface area contributed by atoms with Gasteiger partial charge in [0.25, 0.3) is 0 Å². The van der Waals surface area contributed by atoms with E-state index in [9.17, 15) is 9.18 Å². The highest BCUT2D eigenvalue weighted by atomic mass is 19.1. The van der Waals surface area contributed by atoms with Crippen LogP contribution >= 0.6 is 0 Å². The van der Waals surface area contributed by atoms with Crippen LogP contribution in [-0.2, 0) is 32.3 Å². The molecule has 0 atom stereocenters. The monoisotopic (exact) mass is 424 g/mol. The summed E-state index contributed by atoms with van der Waals surface area (Å²) in [5.74, 6) is -0.880. The first-order chi connectivity index (χ1) is 15.1. The zero-order chi connectivity index (χ0) is 22.1. The maximum Gasteiger partial charge on any atom is 0.341 e. The fraction of sp³-hybridized carbons (Fsp3) is 0.182. The van der Waals surface area contributed by atoms with Crippen molar-refractivity contribution in [2.24, 2.45) is 5.16 Å². The normalized spacial score (nSPS) is 11.8. The molecule has 3 aromatic rings. The van der Waals surface area contributed by atoms with E-state index >= 15 is 0 Å². The zero-order valence-electron chi connectivity index (χ0n) is 17.1. The Labute approximate surface area is 178 Å². The molecule has 0 fully saturated rings. The van der Waals surface area contributed by atoms with Crippen LogP contribution in [0.5, 0.6) is 0 Å². The molecular weight excluding hydrogens is 403 g/mol. The zero-order valence-corrected chi connectivity index (χ0v) is 17.1. The number of methoxy groups -OCH3 is 2. The molecule has 2 aromatic carbocycles. The van der Waals surface area contributed by atoms with Gasteiger partial charge < -0.3 is 14.3 Å². The van der Waals surface area contributed by atoms with E-state index in [4.69, 9.17) is 14.3 Å². The van der Waals surface area contributed by atoms with Gasteiger partial charge in [-0.05, 0) is 17.7 Å². The summed E-state index contributed by atoms with van der Waals surface area (Å²) in [6.07, 6.45) is 4.28. The van der Waals surface area contributed by atoms with Crippen LogP contribution in [0.2, 0.25) is 0 Å². The van der Waals surface area contributed by atoms with Crippen LogP contribution in [-0.4, -0.2) is 40.7 Å². The average Bonchev–Trinajstić information content (AvgIpc) is 3.30.